The zero-order valence-electron chi connectivity index (χ0n) is 21.9. The Bertz CT molecular complexity index is 1300. The van der Waals surface area contributed by atoms with E-state index in [1.807, 2.05) is 13.0 Å². The quantitative estimate of drug-likeness (QED) is 0.231. The van der Waals surface area contributed by atoms with Gasteiger partial charge in [-0.2, -0.15) is 0 Å². The van der Waals surface area contributed by atoms with Gasteiger partial charge in [0, 0.05) is 42.9 Å². The second kappa shape index (κ2) is 9.22. The highest BCUT2D eigenvalue weighted by atomic mass is 16.3. The molecule has 0 saturated heterocycles. The van der Waals surface area contributed by atoms with Crippen LogP contribution in [0.15, 0.2) is 28.3 Å². The first-order chi connectivity index (χ1) is 17.2. The van der Waals surface area contributed by atoms with Gasteiger partial charge in [0.2, 0.25) is 11.6 Å². The van der Waals surface area contributed by atoms with Crippen LogP contribution in [0.4, 0.5) is 0 Å². The molecule has 37 heavy (non-hydrogen) atoms. The molecule has 0 spiro atoms. The van der Waals surface area contributed by atoms with E-state index in [2.05, 4.69) is 31.1 Å². The van der Waals surface area contributed by atoms with Crippen LogP contribution in [-0.2, 0) is 27.3 Å². The van der Waals surface area contributed by atoms with E-state index in [0.717, 1.165) is 5.56 Å². The third-order valence-corrected chi connectivity index (χ3v) is 7.75. The predicted molar refractivity (Wildman–Crippen MR) is 139 cm³/mol. The smallest absolute Gasteiger partial charge is 0.252 e. The number of hydrogen-bond acceptors (Lipinski definition) is 8. The number of aromatic hydroxyl groups is 1. The van der Waals surface area contributed by atoms with Crippen LogP contribution in [0.3, 0.4) is 0 Å². The molecule has 0 radical (unpaired) electrons. The number of phenols is 1. The van der Waals surface area contributed by atoms with Crippen molar-refractivity contribution in [3.63, 3.8) is 0 Å². The lowest BCUT2D eigenvalue weighted by Crippen LogP contribution is -2.60. The highest BCUT2D eigenvalue weighted by molar-refractivity contribution is 6.32. The van der Waals surface area contributed by atoms with Crippen LogP contribution < -0.4 is 11.1 Å². The third kappa shape index (κ3) is 4.30. The number of Topliss-reactive ketones (excluding diaryl/α,β-unsaturated/α-hetero) is 2. The van der Waals surface area contributed by atoms with E-state index in [1.54, 1.807) is 7.05 Å². The first-order valence-electron chi connectivity index (χ1n) is 12.5. The minimum absolute atomic E-state index is 0.00995. The minimum Gasteiger partial charge on any atom is -0.507 e. The molecule has 9 heteroatoms. The molecule has 3 atom stereocenters. The van der Waals surface area contributed by atoms with Crippen LogP contribution in [0, 0.1) is 17.3 Å². The number of fused-ring (bicyclic) bond motifs is 3. The van der Waals surface area contributed by atoms with Gasteiger partial charge in [0.25, 0.3) is 5.91 Å². The fourth-order valence-electron chi connectivity index (χ4n) is 5.79. The number of benzene rings is 1. The Balaban J connectivity index is 1.86. The molecule has 1 fully saturated rings. The molecule has 3 aliphatic rings. The maximum Gasteiger partial charge on any atom is 0.252 e. The minimum atomic E-state index is -2.48. The molecule has 0 heterocycles. The summed E-state index contributed by atoms with van der Waals surface area (Å²) in [6.45, 7) is 9.09. The summed E-state index contributed by atoms with van der Waals surface area (Å²) in [5.74, 6) is -4.83. The molecule has 2 unspecified atom stereocenters. The molecule has 0 aliphatic heterocycles. The molecule has 1 saturated carbocycles. The maximum atomic E-state index is 13.7. The summed E-state index contributed by atoms with van der Waals surface area (Å²) in [6.07, 6.45) is 2.08. The van der Waals surface area contributed by atoms with E-state index < -0.39 is 46.2 Å². The number of aliphatic hydroxyl groups is 2. The first kappa shape index (κ1) is 26.8. The molecule has 0 aromatic heterocycles. The van der Waals surface area contributed by atoms with Crippen molar-refractivity contribution < 1.29 is 29.7 Å². The zero-order valence-corrected chi connectivity index (χ0v) is 21.9. The predicted octanol–water partition coefficient (Wildman–Crippen LogP) is 2.11. The van der Waals surface area contributed by atoms with Crippen molar-refractivity contribution in [3.05, 3.63) is 45.5 Å². The Morgan fingerprint density at radius 1 is 1.24 bits per heavy atom. The normalized spacial score (nSPS) is 25.9. The van der Waals surface area contributed by atoms with Gasteiger partial charge >= 0.3 is 0 Å². The number of aliphatic imine (C=N–C) groups is 1. The van der Waals surface area contributed by atoms with Crippen molar-refractivity contribution in [2.45, 2.75) is 59.1 Å². The van der Waals surface area contributed by atoms with Crippen LogP contribution in [0.25, 0.3) is 5.76 Å². The summed E-state index contributed by atoms with van der Waals surface area (Å²) in [5.41, 5.74) is 5.11. The van der Waals surface area contributed by atoms with Crippen molar-refractivity contribution in [2.24, 2.45) is 28.0 Å². The monoisotopic (exact) mass is 509 g/mol. The number of primary amides is 1. The summed E-state index contributed by atoms with van der Waals surface area (Å²) in [5, 5.41) is 37.4. The number of carbonyl (C=O) groups excluding carboxylic acids is 3. The molecule has 6 N–H and O–H groups in total. The van der Waals surface area contributed by atoms with Crippen LogP contribution in [0.1, 0.15) is 62.8 Å². The van der Waals surface area contributed by atoms with E-state index in [1.165, 1.54) is 6.08 Å². The highest BCUT2D eigenvalue weighted by Crippen LogP contribution is 2.51. The van der Waals surface area contributed by atoms with Gasteiger partial charge in [0.05, 0.1) is 11.1 Å². The lowest BCUT2D eigenvalue weighted by molar-refractivity contribution is -0.157. The summed E-state index contributed by atoms with van der Waals surface area (Å²) >= 11 is 0. The average molecular weight is 510 g/mol. The Kier molecular flexibility index (Phi) is 6.67. The van der Waals surface area contributed by atoms with Gasteiger partial charge in [-0.05, 0) is 54.7 Å². The summed E-state index contributed by atoms with van der Waals surface area (Å²) < 4.78 is 0. The van der Waals surface area contributed by atoms with Crippen LogP contribution in [-0.4, -0.2) is 57.7 Å². The number of nitrogens with zero attached hydrogens (tertiary/aromatic N) is 1. The number of carbonyl (C=O) groups is 3. The summed E-state index contributed by atoms with van der Waals surface area (Å²) in [6, 6.07) is 1.86. The number of allylic oxidation sites excluding steroid dienone is 1. The van der Waals surface area contributed by atoms with Crippen molar-refractivity contribution >= 4 is 28.9 Å². The second-order valence-electron chi connectivity index (χ2n) is 11.5. The van der Waals surface area contributed by atoms with E-state index >= 15 is 0 Å². The van der Waals surface area contributed by atoms with E-state index in [4.69, 9.17) is 5.73 Å². The molecule has 3 aliphatic carbocycles. The maximum absolute atomic E-state index is 13.7. The largest absolute Gasteiger partial charge is 0.507 e. The number of hydrogen-bond donors (Lipinski definition) is 5. The van der Waals surface area contributed by atoms with E-state index in [9.17, 15) is 29.7 Å². The zero-order chi connectivity index (χ0) is 27.4. The van der Waals surface area contributed by atoms with Crippen LogP contribution in [0.2, 0.25) is 0 Å². The van der Waals surface area contributed by atoms with Gasteiger partial charge in [-0.25, -0.2) is 0 Å². The number of ketones is 2. The summed E-state index contributed by atoms with van der Waals surface area (Å²) in [4.78, 5) is 42.8. The number of phenolic OH excluding ortho intramolecular Hbond substituents is 1. The fourth-order valence-corrected chi connectivity index (χ4v) is 5.79. The molecule has 9 nitrogen and oxygen atoms in total. The van der Waals surface area contributed by atoms with Gasteiger partial charge in [-0.1, -0.05) is 26.8 Å². The number of amides is 1. The molecule has 1 amide bonds. The van der Waals surface area contributed by atoms with Gasteiger partial charge in [-0.15, -0.1) is 0 Å². The standard InChI is InChI=1S/C28H35N3O6/c1-13(30-5)18-10-15(11-31-12-27(2,3)4)22(32)21-19(18)9-14-8-16-6-7-17(26(29)36)24(34)28(16,37)25(35)20(14)23(21)33/h7,10,14,16,31-33,37H,6,8-9,11-12H2,1-5H3,(H2,29,36)/t14?,16?,28-/m1/s1. The molecular formula is C28H35N3O6. The number of rotatable bonds is 5. The number of aliphatic hydroxyl groups excluding tert-OH is 1. The lowest BCUT2D eigenvalue weighted by Gasteiger charge is -2.45. The Morgan fingerprint density at radius 3 is 2.51 bits per heavy atom. The Labute approximate surface area is 216 Å². The fraction of sp³-hybridized carbons (Fsp3) is 0.500. The highest BCUT2D eigenvalue weighted by Gasteiger charge is 2.60. The molecule has 1 aromatic carbocycles. The van der Waals surface area contributed by atoms with E-state index in [0.29, 0.717) is 36.3 Å². The Hall–Kier alpha value is -3.30. The molecule has 1 aromatic rings. The van der Waals surface area contributed by atoms with Crippen molar-refractivity contribution in [3.8, 4) is 5.75 Å². The van der Waals surface area contributed by atoms with Crippen LogP contribution >= 0.6 is 0 Å². The molecule has 4 rings (SSSR count). The SMILES string of the molecule is CN=C(C)c1cc(CNCC(C)(C)C)c(O)c2c1CC1CC3CC=C(C(N)=O)C(=O)[C@@]3(O)C(=O)C1=C2O. The first-order valence-corrected chi connectivity index (χ1v) is 12.5. The Morgan fingerprint density at radius 2 is 1.92 bits per heavy atom. The third-order valence-electron chi connectivity index (χ3n) is 7.75. The number of nitrogens with one attached hydrogen (secondary N) is 1. The topological polar surface area (TPSA) is 162 Å². The summed E-state index contributed by atoms with van der Waals surface area (Å²) in [7, 11) is 1.66. The second-order valence-corrected chi connectivity index (χ2v) is 11.5. The van der Waals surface area contributed by atoms with Crippen molar-refractivity contribution in [1.29, 1.82) is 0 Å². The van der Waals surface area contributed by atoms with Gasteiger partial charge in [-0.3, -0.25) is 19.4 Å². The van der Waals surface area contributed by atoms with Gasteiger partial charge in [0.1, 0.15) is 11.5 Å². The van der Waals surface area contributed by atoms with Gasteiger partial charge in [0.15, 0.2) is 5.60 Å². The van der Waals surface area contributed by atoms with Crippen LogP contribution in [0.5, 0.6) is 5.75 Å². The lowest BCUT2D eigenvalue weighted by atomic mass is 9.58. The van der Waals surface area contributed by atoms with E-state index in [-0.39, 0.29) is 35.1 Å². The van der Waals surface area contributed by atoms with Crippen molar-refractivity contribution in [1.82, 2.24) is 5.32 Å². The van der Waals surface area contributed by atoms with Crippen molar-refractivity contribution in [2.75, 3.05) is 13.6 Å². The van der Waals surface area contributed by atoms with Gasteiger partial charge < -0.3 is 26.4 Å². The average Bonchev–Trinajstić information content (AvgIpc) is 2.81. The molecule has 198 valence electrons. The molecular weight excluding hydrogens is 474 g/mol. The number of nitrogens with two attached hydrogens (primary N) is 1. The molecule has 0 bridgehead atoms.